The molecule has 0 aliphatic heterocycles. The topological polar surface area (TPSA) is 95.1 Å². The van der Waals surface area contributed by atoms with E-state index in [0.717, 1.165) is 11.3 Å². The number of thiophene rings is 1. The number of carboxylic acid groups (broad SMARTS) is 1. The molecule has 3 aromatic rings. The lowest BCUT2D eigenvalue weighted by Crippen LogP contribution is -2.14. The van der Waals surface area contributed by atoms with Gasteiger partial charge in [0, 0.05) is 16.0 Å². The fourth-order valence-electron chi connectivity index (χ4n) is 2.21. The molecule has 0 fully saturated rings. The first kappa shape index (κ1) is 16.2. The summed E-state index contributed by atoms with van der Waals surface area (Å²) >= 11 is 7.02. The molecule has 0 saturated heterocycles. The third-order valence-electron chi connectivity index (χ3n) is 3.33. The molecule has 1 amide bonds. The van der Waals surface area contributed by atoms with Crippen LogP contribution in [0.5, 0.6) is 0 Å². The van der Waals surface area contributed by atoms with Gasteiger partial charge in [-0.2, -0.15) is 0 Å². The van der Waals surface area contributed by atoms with Crippen LogP contribution in [-0.4, -0.2) is 27.0 Å². The molecule has 0 aliphatic carbocycles. The monoisotopic (exact) mass is 361 g/mol. The molecule has 3 N–H and O–H groups in total. The standard InChI is InChI=1S/C16H12ClN3O3S/c1-8-18-6-12(19-8)14(21)20-15-13(16(22)23)11(7-24-15)9-2-4-10(17)5-3-9/h2-7H,1H3,(H,18,19)(H,20,21)(H,22,23). The molecule has 0 unspecified atom stereocenters. The number of anilines is 1. The SMILES string of the molecule is Cc1ncc(C(=O)Nc2scc(-c3ccc(Cl)cc3)c2C(=O)O)[nH]1. The molecule has 2 heterocycles. The summed E-state index contributed by atoms with van der Waals surface area (Å²) in [4.78, 5) is 30.6. The van der Waals surface area contributed by atoms with Gasteiger partial charge in [-0.1, -0.05) is 23.7 Å². The number of H-pyrrole nitrogens is 1. The fourth-order valence-corrected chi connectivity index (χ4v) is 3.29. The zero-order chi connectivity index (χ0) is 17.3. The smallest absolute Gasteiger partial charge is 0.339 e. The highest BCUT2D eigenvalue weighted by molar-refractivity contribution is 7.15. The van der Waals surface area contributed by atoms with Crippen LogP contribution in [0, 0.1) is 6.92 Å². The lowest BCUT2D eigenvalue weighted by atomic mass is 10.0. The minimum atomic E-state index is -1.11. The Morgan fingerprint density at radius 2 is 2.00 bits per heavy atom. The van der Waals surface area contributed by atoms with E-state index in [4.69, 9.17) is 11.6 Å². The first-order valence-electron chi connectivity index (χ1n) is 6.89. The largest absolute Gasteiger partial charge is 0.478 e. The summed E-state index contributed by atoms with van der Waals surface area (Å²) in [5.41, 5.74) is 1.56. The lowest BCUT2D eigenvalue weighted by Gasteiger charge is -2.05. The van der Waals surface area contributed by atoms with Crippen LogP contribution in [0.2, 0.25) is 5.02 Å². The maximum Gasteiger partial charge on any atom is 0.339 e. The summed E-state index contributed by atoms with van der Waals surface area (Å²) in [5, 5.41) is 14.7. The second-order valence-corrected chi connectivity index (χ2v) is 6.32. The molecular weight excluding hydrogens is 350 g/mol. The Bertz CT molecular complexity index is 915. The Labute approximate surface area is 146 Å². The molecule has 0 radical (unpaired) electrons. The molecule has 122 valence electrons. The number of rotatable bonds is 4. The van der Waals surface area contributed by atoms with E-state index in [9.17, 15) is 14.7 Å². The van der Waals surface area contributed by atoms with Gasteiger partial charge >= 0.3 is 5.97 Å². The van der Waals surface area contributed by atoms with Crippen molar-refractivity contribution < 1.29 is 14.7 Å². The highest BCUT2D eigenvalue weighted by atomic mass is 35.5. The van der Waals surface area contributed by atoms with Crippen molar-refractivity contribution in [3.8, 4) is 11.1 Å². The van der Waals surface area contributed by atoms with Gasteiger partial charge in [-0.25, -0.2) is 9.78 Å². The van der Waals surface area contributed by atoms with Crippen LogP contribution in [0.25, 0.3) is 11.1 Å². The summed E-state index contributed by atoms with van der Waals surface area (Å²) in [6.45, 7) is 1.73. The number of carbonyl (C=O) groups excluding carboxylic acids is 1. The van der Waals surface area contributed by atoms with Crippen molar-refractivity contribution in [1.82, 2.24) is 9.97 Å². The average molecular weight is 362 g/mol. The summed E-state index contributed by atoms with van der Waals surface area (Å²) in [6, 6.07) is 6.85. The number of nitrogens with zero attached hydrogens (tertiary/aromatic N) is 1. The third kappa shape index (κ3) is 3.17. The zero-order valence-corrected chi connectivity index (χ0v) is 14.0. The van der Waals surface area contributed by atoms with E-state index in [1.807, 2.05) is 0 Å². The molecule has 0 atom stereocenters. The van der Waals surface area contributed by atoms with Crippen LogP contribution >= 0.6 is 22.9 Å². The number of benzene rings is 1. The van der Waals surface area contributed by atoms with E-state index in [2.05, 4.69) is 15.3 Å². The molecule has 8 heteroatoms. The number of carboxylic acids is 1. The van der Waals surface area contributed by atoms with Crippen LogP contribution < -0.4 is 5.32 Å². The molecule has 1 aromatic carbocycles. The van der Waals surface area contributed by atoms with Gasteiger partial charge < -0.3 is 15.4 Å². The number of hydrogen-bond acceptors (Lipinski definition) is 4. The van der Waals surface area contributed by atoms with E-state index in [1.54, 1.807) is 36.6 Å². The fraction of sp³-hybridized carbons (Fsp3) is 0.0625. The number of aromatic amines is 1. The van der Waals surface area contributed by atoms with Gasteiger partial charge in [0.15, 0.2) is 0 Å². The van der Waals surface area contributed by atoms with Gasteiger partial charge in [0.1, 0.15) is 22.1 Å². The number of aromatic nitrogens is 2. The molecule has 0 bridgehead atoms. The van der Waals surface area contributed by atoms with E-state index in [0.29, 0.717) is 22.0 Å². The highest BCUT2D eigenvalue weighted by Crippen LogP contribution is 2.36. The van der Waals surface area contributed by atoms with Crippen molar-refractivity contribution in [3.05, 3.63) is 57.9 Å². The van der Waals surface area contributed by atoms with Crippen LogP contribution in [-0.2, 0) is 0 Å². The minimum Gasteiger partial charge on any atom is -0.478 e. The molecule has 2 aromatic heterocycles. The van der Waals surface area contributed by atoms with Gasteiger partial charge in [-0.3, -0.25) is 4.79 Å². The van der Waals surface area contributed by atoms with Crippen LogP contribution in [0.3, 0.4) is 0 Å². The van der Waals surface area contributed by atoms with Crippen molar-refractivity contribution in [2.45, 2.75) is 6.92 Å². The molecule has 0 aliphatic rings. The Kier molecular flexibility index (Phi) is 4.37. The Morgan fingerprint density at radius 1 is 1.29 bits per heavy atom. The molecule has 24 heavy (non-hydrogen) atoms. The van der Waals surface area contributed by atoms with Crippen molar-refractivity contribution in [3.63, 3.8) is 0 Å². The first-order chi connectivity index (χ1) is 11.5. The average Bonchev–Trinajstić information content (AvgIpc) is 3.14. The van der Waals surface area contributed by atoms with Crippen LogP contribution in [0.4, 0.5) is 5.00 Å². The molecular formula is C16H12ClN3O3S. The minimum absolute atomic E-state index is 0.0481. The van der Waals surface area contributed by atoms with Crippen LogP contribution in [0.1, 0.15) is 26.7 Å². The zero-order valence-electron chi connectivity index (χ0n) is 12.5. The number of aryl methyl sites for hydroxylation is 1. The van der Waals surface area contributed by atoms with Crippen molar-refractivity contribution in [2.75, 3.05) is 5.32 Å². The summed E-state index contributed by atoms with van der Waals surface area (Å²) in [7, 11) is 0. The number of halogens is 1. The van der Waals surface area contributed by atoms with Gasteiger partial charge in [0.25, 0.3) is 5.91 Å². The van der Waals surface area contributed by atoms with E-state index in [1.165, 1.54) is 6.20 Å². The summed E-state index contributed by atoms with van der Waals surface area (Å²) < 4.78 is 0. The molecule has 0 spiro atoms. The second kappa shape index (κ2) is 6.46. The van der Waals surface area contributed by atoms with Crippen LogP contribution in [0.15, 0.2) is 35.8 Å². The Hall–Kier alpha value is -2.64. The number of hydrogen-bond donors (Lipinski definition) is 3. The predicted molar refractivity (Wildman–Crippen MR) is 93.0 cm³/mol. The number of amides is 1. The lowest BCUT2D eigenvalue weighted by molar-refractivity contribution is 0.0699. The maximum atomic E-state index is 12.2. The number of carbonyl (C=O) groups is 2. The van der Waals surface area contributed by atoms with Crippen molar-refractivity contribution in [1.29, 1.82) is 0 Å². The van der Waals surface area contributed by atoms with Gasteiger partial charge in [0.05, 0.1) is 6.20 Å². The van der Waals surface area contributed by atoms with Gasteiger partial charge in [-0.15, -0.1) is 11.3 Å². The first-order valence-corrected chi connectivity index (χ1v) is 8.15. The maximum absolute atomic E-state index is 12.2. The van der Waals surface area contributed by atoms with Crippen molar-refractivity contribution >= 4 is 39.8 Å². The van der Waals surface area contributed by atoms with Crippen molar-refractivity contribution in [2.24, 2.45) is 0 Å². The van der Waals surface area contributed by atoms with Gasteiger partial charge in [-0.05, 0) is 24.6 Å². The number of nitrogens with one attached hydrogen (secondary N) is 2. The summed E-state index contributed by atoms with van der Waals surface area (Å²) in [6.07, 6.45) is 1.40. The van der Waals surface area contributed by atoms with E-state index < -0.39 is 11.9 Å². The highest BCUT2D eigenvalue weighted by Gasteiger charge is 2.22. The second-order valence-electron chi connectivity index (χ2n) is 5.00. The Balaban J connectivity index is 1.96. The summed E-state index contributed by atoms with van der Waals surface area (Å²) in [5.74, 6) is -0.952. The van der Waals surface area contributed by atoms with E-state index >= 15 is 0 Å². The van der Waals surface area contributed by atoms with Gasteiger partial charge in [0.2, 0.25) is 0 Å². The molecule has 0 saturated carbocycles. The predicted octanol–water partition coefficient (Wildman–Crippen LogP) is 4.05. The number of aromatic carboxylic acids is 1. The molecule has 6 nitrogen and oxygen atoms in total. The Morgan fingerprint density at radius 3 is 2.58 bits per heavy atom. The molecule has 3 rings (SSSR count). The van der Waals surface area contributed by atoms with E-state index in [-0.39, 0.29) is 16.3 Å². The quantitative estimate of drug-likeness (QED) is 0.653. The third-order valence-corrected chi connectivity index (χ3v) is 4.48. The normalized spacial score (nSPS) is 10.6. The number of imidazole rings is 1.